The number of ether oxygens (including phenoxy) is 1. The van der Waals surface area contributed by atoms with E-state index in [9.17, 15) is 14.7 Å². The van der Waals surface area contributed by atoms with Crippen LogP contribution in [0, 0.1) is 6.92 Å². The van der Waals surface area contributed by atoms with Gasteiger partial charge >= 0.3 is 0 Å². The highest BCUT2D eigenvalue weighted by molar-refractivity contribution is 6.45. The van der Waals surface area contributed by atoms with Crippen molar-refractivity contribution in [1.29, 1.82) is 0 Å². The molecule has 0 radical (unpaired) electrons. The number of benzene rings is 2. The van der Waals surface area contributed by atoms with Crippen LogP contribution in [-0.4, -0.2) is 23.9 Å². The first-order valence-corrected chi connectivity index (χ1v) is 7.45. The van der Waals surface area contributed by atoms with Crippen LogP contribution in [0.25, 0.3) is 5.76 Å². The number of carbonyl (C=O) groups excluding carboxylic acids is 2. The molecule has 24 heavy (non-hydrogen) atoms. The third-order valence-corrected chi connectivity index (χ3v) is 3.48. The molecule has 0 atom stereocenters. The minimum atomic E-state index is -0.908. The number of hydrogen-bond acceptors (Lipinski definition) is 4. The molecular formula is C18H16ClNO4. The van der Waals surface area contributed by atoms with E-state index in [-0.39, 0.29) is 11.4 Å². The van der Waals surface area contributed by atoms with Crippen molar-refractivity contribution in [3.05, 3.63) is 64.7 Å². The van der Waals surface area contributed by atoms with Gasteiger partial charge in [0, 0.05) is 16.7 Å². The van der Waals surface area contributed by atoms with E-state index in [1.807, 2.05) is 6.92 Å². The minimum absolute atomic E-state index is 0.270. The van der Waals surface area contributed by atoms with Crippen molar-refractivity contribution >= 4 is 34.7 Å². The summed E-state index contributed by atoms with van der Waals surface area (Å²) < 4.78 is 5.09. The highest BCUT2D eigenvalue weighted by atomic mass is 35.5. The first-order chi connectivity index (χ1) is 11.4. The molecule has 2 aromatic carbocycles. The third-order valence-electron chi connectivity index (χ3n) is 3.25. The van der Waals surface area contributed by atoms with Crippen molar-refractivity contribution in [2.24, 2.45) is 0 Å². The number of anilines is 1. The Balaban J connectivity index is 2.15. The van der Waals surface area contributed by atoms with Gasteiger partial charge in [0.15, 0.2) is 0 Å². The molecule has 2 rings (SSSR count). The monoisotopic (exact) mass is 345 g/mol. The normalized spacial score (nSPS) is 11.0. The second kappa shape index (κ2) is 7.66. The lowest BCUT2D eigenvalue weighted by Crippen LogP contribution is -2.21. The van der Waals surface area contributed by atoms with Gasteiger partial charge in [-0.2, -0.15) is 0 Å². The van der Waals surface area contributed by atoms with Gasteiger partial charge in [-0.1, -0.05) is 41.4 Å². The van der Waals surface area contributed by atoms with E-state index in [4.69, 9.17) is 16.3 Å². The van der Waals surface area contributed by atoms with Crippen LogP contribution in [0.15, 0.2) is 48.5 Å². The van der Waals surface area contributed by atoms with Gasteiger partial charge in [-0.3, -0.25) is 9.59 Å². The van der Waals surface area contributed by atoms with Crippen molar-refractivity contribution in [2.45, 2.75) is 6.92 Å². The Labute approximate surface area is 144 Å². The van der Waals surface area contributed by atoms with Crippen LogP contribution in [0.5, 0.6) is 5.75 Å². The summed E-state index contributed by atoms with van der Waals surface area (Å²) in [6.07, 6.45) is 0.872. The molecule has 0 aliphatic rings. The number of nitrogens with one attached hydrogen (secondary N) is 1. The van der Waals surface area contributed by atoms with Crippen LogP contribution in [0.2, 0.25) is 5.02 Å². The molecule has 0 aromatic heterocycles. The Morgan fingerprint density at radius 1 is 1.17 bits per heavy atom. The predicted octanol–water partition coefficient (Wildman–Crippen LogP) is 3.76. The van der Waals surface area contributed by atoms with Gasteiger partial charge in [-0.05, 0) is 25.1 Å². The number of aliphatic hydroxyl groups is 1. The maximum atomic E-state index is 12.0. The Bertz CT molecular complexity index is 797. The van der Waals surface area contributed by atoms with Crippen molar-refractivity contribution in [3.8, 4) is 5.75 Å². The average Bonchev–Trinajstić information content (AvgIpc) is 2.55. The van der Waals surface area contributed by atoms with Gasteiger partial charge in [0.25, 0.3) is 5.91 Å². The minimum Gasteiger partial charge on any atom is -0.507 e. The van der Waals surface area contributed by atoms with E-state index in [1.54, 1.807) is 36.4 Å². The molecule has 124 valence electrons. The van der Waals surface area contributed by atoms with Gasteiger partial charge in [0.05, 0.1) is 12.8 Å². The molecule has 0 bridgehead atoms. The van der Waals surface area contributed by atoms with Crippen molar-refractivity contribution in [2.75, 3.05) is 12.4 Å². The zero-order valence-corrected chi connectivity index (χ0v) is 13.9. The first kappa shape index (κ1) is 17.6. The van der Waals surface area contributed by atoms with Crippen LogP contribution in [-0.2, 0) is 9.59 Å². The van der Waals surface area contributed by atoms with E-state index in [0.717, 1.165) is 11.6 Å². The Morgan fingerprint density at radius 2 is 1.83 bits per heavy atom. The van der Waals surface area contributed by atoms with E-state index in [2.05, 4.69) is 5.32 Å². The number of rotatable bonds is 5. The van der Waals surface area contributed by atoms with Crippen molar-refractivity contribution in [1.82, 2.24) is 0 Å². The molecule has 0 aliphatic heterocycles. The topological polar surface area (TPSA) is 75.6 Å². The Hall–Kier alpha value is -2.79. The number of ketones is 1. The largest absolute Gasteiger partial charge is 0.507 e. The summed E-state index contributed by atoms with van der Waals surface area (Å²) in [5.74, 6) is -1.72. The van der Waals surface area contributed by atoms with Crippen LogP contribution >= 0.6 is 11.6 Å². The average molecular weight is 346 g/mol. The molecule has 0 spiro atoms. The van der Waals surface area contributed by atoms with E-state index in [0.29, 0.717) is 16.3 Å². The standard InChI is InChI=1S/C18H16ClNO4/c1-11-3-5-12(6-4-11)15(21)10-16(22)18(23)20-14-9-13(19)7-8-17(14)24-2/h3-10,21H,1-2H3,(H,20,23)/b15-10-. The number of aryl methyl sites for hydroxylation is 1. The lowest BCUT2D eigenvalue weighted by molar-refractivity contribution is -0.132. The van der Waals surface area contributed by atoms with Gasteiger partial charge < -0.3 is 15.2 Å². The van der Waals surface area contributed by atoms with Gasteiger partial charge in [0.2, 0.25) is 5.78 Å². The summed E-state index contributed by atoms with van der Waals surface area (Å²) in [5.41, 5.74) is 1.73. The SMILES string of the molecule is COc1ccc(Cl)cc1NC(=O)C(=O)/C=C(\O)c1ccc(C)cc1. The molecule has 0 aliphatic carbocycles. The summed E-state index contributed by atoms with van der Waals surface area (Å²) in [6.45, 7) is 1.90. The van der Waals surface area contributed by atoms with E-state index in [1.165, 1.54) is 13.2 Å². The molecule has 5 nitrogen and oxygen atoms in total. The molecular weight excluding hydrogens is 330 g/mol. The highest BCUT2D eigenvalue weighted by Crippen LogP contribution is 2.27. The quantitative estimate of drug-likeness (QED) is 0.491. The molecule has 6 heteroatoms. The van der Waals surface area contributed by atoms with Crippen LogP contribution < -0.4 is 10.1 Å². The fourth-order valence-electron chi connectivity index (χ4n) is 1.96. The molecule has 2 N–H and O–H groups in total. The summed E-state index contributed by atoms with van der Waals surface area (Å²) >= 11 is 5.87. The predicted molar refractivity (Wildman–Crippen MR) is 93.4 cm³/mol. The van der Waals surface area contributed by atoms with Crippen LogP contribution in [0.4, 0.5) is 5.69 Å². The lowest BCUT2D eigenvalue weighted by atomic mass is 10.1. The van der Waals surface area contributed by atoms with Crippen molar-refractivity contribution in [3.63, 3.8) is 0 Å². The van der Waals surface area contributed by atoms with Gasteiger partial charge in [-0.15, -0.1) is 0 Å². The number of hydrogen-bond donors (Lipinski definition) is 2. The molecule has 2 aromatic rings. The zero-order valence-electron chi connectivity index (χ0n) is 13.2. The molecule has 0 heterocycles. The van der Waals surface area contributed by atoms with Crippen LogP contribution in [0.3, 0.4) is 0 Å². The number of methoxy groups -OCH3 is 1. The second-order valence-electron chi connectivity index (χ2n) is 5.06. The molecule has 0 saturated carbocycles. The second-order valence-corrected chi connectivity index (χ2v) is 5.50. The van der Waals surface area contributed by atoms with Gasteiger partial charge in [-0.25, -0.2) is 0 Å². The maximum absolute atomic E-state index is 12.0. The smallest absolute Gasteiger partial charge is 0.296 e. The Kier molecular flexibility index (Phi) is 5.60. The van der Waals surface area contributed by atoms with Gasteiger partial charge in [0.1, 0.15) is 11.5 Å². The summed E-state index contributed by atoms with van der Waals surface area (Å²) in [4.78, 5) is 24.0. The van der Waals surface area contributed by atoms with E-state index < -0.39 is 11.7 Å². The fourth-order valence-corrected chi connectivity index (χ4v) is 2.13. The molecule has 0 fully saturated rings. The lowest BCUT2D eigenvalue weighted by Gasteiger charge is -2.09. The van der Waals surface area contributed by atoms with E-state index >= 15 is 0 Å². The number of halogens is 1. The Morgan fingerprint density at radius 3 is 2.46 bits per heavy atom. The summed E-state index contributed by atoms with van der Waals surface area (Å²) in [5, 5.41) is 12.8. The number of aliphatic hydroxyl groups excluding tert-OH is 1. The summed E-state index contributed by atoms with van der Waals surface area (Å²) in [6, 6.07) is 11.5. The fraction of sp³-hybridized carbons (Fsp3) is 0.111. The summed E-state index contributed by atoms with van der Waals surface area (Å²) in [7, 11) is 1.43. The van der Waals surface area contributed by atoms with Crippen molar-refractivity contribution < 1.29 is 19.4 Å². The highest BCUT2D eigenvalue weighted by Gasteiger charge is 2.15. The molecule has 0 saturated heterocycles. The third kappa shape index (κ3) is 4.36. The number of amides is 1. The number of carbonyl (C=O) groups is 2. The first-order valence-electron chi connectivity index (χ1n) is 7.07. The molecule has 0 unspecified atom stereocenters. The zero-order chi connectivity index (χ0) is 17.7. The molecule has 1 amide bonds. The van der Waals surface area contributed by atoms with Crippen LogP contribution in [0.1, 0.15) is 11.1 Å². The maximum Gasteiger partial charge on any atom is 0.296 e.